The standard InChI is InChI=1S/C6H11ClO2Si/c1-10(2,3)5-4-9-6(7)8/h4-5H,1-3H3. The fourth-order valence-electron chi connectivity index (χ4n) is 0.292. The number of hydrogen-bond acceptors (Lipinski definition) is 2. The van der Waals surface area contributed by atoms with Crippen LogP contribution in [0, 0.1) is 0 Å². The third-order valence-corrected chi connectivity index (χ3v) is 1.95. The van der Waals surface area contributed by atoms with E-state index in [0.29, 0.717) is 0 Å². The molecular weight excluding hydrogens is 168 g/mol. The van der Waals surface area contributed by atoms with Gasteiger partial charge in [0.25, 0.3) is 0 Å². The number of hydrogen-bond donors (Lipinski definition) is 0. The van der Waals surface area contributed by atoms with E-state index < -0.39 is 13.5 Å². The molecule has 10 heavy (non-hydrogen) atoms. The number of rotatable bonds is 2. The predicted molar refractivity (Wildman–Crippen MR) is 44.8 cm³/mol. The Kier molecular flexibility index (Phi) is 3.67. The van der Waals surface area contributed by atoms with Gasteiger partial charge in [-0.05, 0) is 0 Å². The van der Waals surface area contributed by atoms with Crippen LogP contribution in [0.3, 0.4) is 0 Å². The fourth-order valence-corrected chi connectivity index (χ4v) is 0.819. The Morgan fingerprint density at radius 1 is 1.50 bits per heavy atom. The molecule has 0 amide bonds. The molecule has 0 radical (unpaired) electrons. The highest BCUT2D eigenvalue weighted by molar-refractivity contribution is 6.80. The first-order valence-electron chi connectivity index (χ1n) is 2.95. The lowest BCUT2D eigenvalue weighted by Crippen LogP contribution is -2.15. The van der Waals surface area contributed by atoms with Crippen LogP contribution in [0.15, 0.2) is 12.0 Å². The van der Waals surface area contributed by atoms with Gasteiger partial charge < -0.3 is 4.74 Å². The summed E-state index contributed by atoms with van der Waals surface area (Å²) in [6.45, 7) is 6.39. The number of carbonyl (C=O) groups is 1. The van der Waals surface area contributed by atoms with Gasteiger partial charge in [-0.1, -0.05) is 25.3 Å². The van der Waals surface area contributed by atoms with Gasteiger partial charge in [0, 0.05) is 11.6 Å². The zero-order valence-corrected chi connectivity index (χ0v) is 8.11. The summed E-state index contributed by atoms with van der Waals surface area (Å²) < 4.78 is 4.40. The van der Waals surface area contributed by atoms with E-state index in [1.165, 1.54) is 6.26 Å². The summed E-state index contributed by atoms with van der Waals surface area (Å²) >= 11 is 4.91. The summed E-state index contributed by atoms with van der Waals surface area (Å²) in [6, 6.07) is 0. The molecule has 0 N–H and O–H groups in total. The van der Waals surface area contributed by atoms with Gasteiger partial charge in [0.2, 0.25) is 0 Å². The SMILES string of the molecule is C[Si](C)(C)C=COC(=O)Cl. The van der Waals surface area contributed by atoms with Crippen molar-refractivity contribution >= 4 is 25.1 Å². The van der Waals surface area contributed by atoms with Crippen molar-refractivity contribution < 1.29 is 9.53 Å². The Hall–Kier alpha value is -0.283. The molecule has 0 unspecified atom stereocenters. The lowest BCUT2D eigenvalue weighted by atomic mass is 11.1. The van der Waals surface area contributed by atoms with Crippen molar-refractivity contribution in [3.63, 3.8) is 0 Å². The Labute approximate surface area is 66.8 Å². The smallest absolute Gasteiger partial charge is 0.408 e. The molecule has 0 aromatic heterocycles. The fraction of sp³-hybridized carbons (Fsp3) is 0.500. The number of ether oxygens (including phenoxy) is 1. The topological polar surface area (TPSA) is 26.3 Å². The second-order valence-electron chi connectivity index (χ2n) is 3.02. The van der Waals surface area contributed by atoms with Crippen LogP contribution in [0.25, 0.3) is 0 Å². The molecule has 0 atom stereocenters. The van der Waals surface area contributed by atoms with Crippen molar-refractivity contribution in [3.05, 3.63) is 12.0 Å². The largest absolute Gasteiger partial charge is 0.423 e. The van der Waals surface area contributed by atoms with E-state index >= 15 is 0 Å². The summed E-state index contributed by atoms with van der Waals surface area (Å²) in [4.78, 5) is 10.0. The van der Waals surface area contributed by atoms with E-state index in [4.69, 9.17) is 11.6 Å². The maximum atomic E-state index is 10.0. The van der Waals surface area contributed by atoms with Crippen molar-refractivity contribution in [2.45, 2.75) is 19.6 Å². The molecule has 58 valence electrons. The van der Waals surface area contributed by atoms with E-state index in [1.54, 1.807) is 0 Å². The summed E-state index contributed by atoms with van der Waals surface area (Å²) in [5, 5.41) is 0. The Morgan fingerprint density at radius 3 is 2.30 bits per heavy atom. The van der Waals surface area contributed by atoms with Crippen LogP contribution in [0.5, 0.6) is 0 Å². The van der Waals surface area contributed by atoms with Crippen molar-refractivity contribution in [1.82, 2.24) is 0 Å². The molecule has 0 aromatic carbocycles. The van der Waals surface area contributed by atoms with Crippen LogP contribution in [-0.4, -0.2) is 13.5 Å². The highest BCUT2D eigenvalue weighted by Crippen LogP contribution is 2.02. The van der Waals surface area contributed by atoms with E-state index in [0.717, 1.165) is 0 Å². The number of carbonyl (C=O) groups excluding carboxylic acids is 1. The third kappa shape index (κ3) is 7.72. The summed E-state index contributed by atoms with van der Waals surface area (Å²) in [7, 11) is -1.24. The summed E-state index contributed by atoms with van der Waals surface area (Å²) in [5.74, 6) is 0. The average Bonchev–Trinajstić information content (AvgIpc) is 1.59. The lowest BCUT2D eigenvalue weighted by Gasteiger charge is -2.06. The molecule has 0 spiro atoms. The van der Waals surface area contributed by atoms with Gasteiger partial charge in [-0.2, -0.15) is 0 Å². The monoisotopic (exact) mass is 178 g/mol. The van der Waals surface area contributed by atoms with Crippen molar-refractivity contribution in [3.8, 4) is 0 Å². The highest BCUT2D eigenvalue weighted by atomic mass is 35.5. The number of halogens is 1. The maximum Gasteiger partial charge on any atom is 0.408 e. The van der Waals surface area contributed by atoms with E-state index in [1.807, 2.05) is 5.70 Å². The van der Waals surface area contributed by atoms with Crippen molar-refractivity contribution in [2.75, 3.05) is 0 Å². The molecule has 0 bridgehead atoms. The minimum atomic E-state index is -1.24. The molecule has 0 aliphatic carbocycles. The molecular formula is C6H11ClO2Si. The van der Waals surface area contributed by atoms with Crippen LogP contribution in [0.1, 0.15) is 0 Å². The van der Waals surface area contributed by atoms with Crippen LogP contribution >= 0.6 is 11.6 Å². The van der Waals surface area contributed by atoms with Gasteiger partial charge in [0.1, 0.15) is 0 Å². The Balaban J connectivity index is 3.67. The van der Waals surface area contributed by atoms with Crippen LogP contribution < -0.4 is 0 Å². The summed E-state index contributed by atoms with van der Waals surface area (Å²) in [5.41, 5.74) is 1.11. The van der Waals surface area contributed by atoms with Gasteiger partial charge in [0.15, 0.2) is 0 Å². The zero-order chi connectivity index (χ0) is 8.20. The van der Waals surface area contributed by atoms with Crippen LogP contribution in [0.4, 0.5) is 4.79 Å². The predicted octanol–water partition coefficient (Wildman–Crippen LogP) is 2.75. The van der Waals surface area contributed by atoms with Gasteiger partial charge in [-0.15, -0.1) is 0 Å². The lowest BCUT2D eigenvalue weighted by molar-refractivity contribution is 0.212. The molecule has 4 heteroatoms. The van der Waals surface area contributed by atoms with E-state index in [9.17, 15) is 4.79 Å². The van der Waals surface area contributed by atoms with E-state index in [-0.39, 0.29) is 0 Å². The van der Waals surface area contributed by atoms with E-state index in [2.05, 4.69) is 24.4 Å². The molecule has 2 nitrogen and oxygen atoms in total. The molecule has 0 rings (SSSR count). The minimum Gasteiger partial charge on any atom is -0.423 e. The minimum absolute atomic E-state index is 0.783. The van der Waals surface area contributed by atoms with Crippen LogP contribution in [-0.2, 0) is 4.74 Å². The molecule has 0 heterocycles. The van der Waals surface area contributed by atoms with Gasteiger partial charge in [-0.25, -0.2) is 4.79 Å². The second kappa shape index (κ2) is 3.78. The Morgan fingerprint density at radius 2 is 2.00 bits per heavy atom. The van der Waals surface area contributed by atoms with Crippen molar-refractivity contribution in [1.29, 1.82) is 0 Å². The third-order valence-electron chi connectivity index (χ3n) is 0.729. The molecule has 0 aliphatic rings. The second-order valence-corrected chi connectivity index (χ2v) is 8.40. The van der Waals surface area contributed by atoms with Gasteiger partial charge >= 0.3 is 5.43 Å². The summed E-state index contributed by atoms with van der Waals surface area (Å²) in [6.07, 6.45) is 1.36. The molecule has 0 aliphatic heterocycles. The first-order valence-corrected chi connectivity index (χ1v) is 6.91. The van der Waals surface area contributed by atoms with Crippen LogP contribution in [0.2, 0.25) is 19.6 Å². The zero-order valence-electron chi connectivity index (χ0n) is 6.35. The molecule has 0 fully saturated rings. The quantitative estimate of drug-likeness (QED) is 0.369. The van der Waals surface area contributed by atoms with Gasteiger partial charge in [-0.3, -0.25) is 0 Å². The normalized spacial score (nSPS) is 12.0. The molecule has 0 saturated heterocycles. The molecule has 0 saturated carbocycles. The van der Waals surface area contributed by atoms with Crippen molar-refractivity contribution in [2.24, 2.45) is 0 Å². The first kappa shape index (κ1) is 9.72. The Bertz CT molecular complexity index is 148. The average molecular weight is 179 g/mol. The van der Waals surface area contributed by atoms with Gasteiger partial charge in [0.05, 0.1) is 14.3 Å². The maximum absolute atomic E-state index is 10.0. The highest BCUT2D eigenvalue weighted by Gasteiger charge is 2.07. The molecule has 0 aromatic rings. The first-order chi connectivity index (χ1) is 4.42.